The van der Waals surface area contributed by atoms with Gasteiger partial charge in [-0.15, -0.1) is 0 Å². The summed E-state index contributed by atoms with van der Waals surface area (Å²) in [5.41, 5.74) is 3.07. The van der Waals surface area contributed by atoms with Gasteiger partial charge in [0.15, 0.2) is 5.78 Å². The highest BCUT2D eigenvalue weighted by Gasteiger charge is 2.17. The minimum absolute atomic E-state index is 0.333. The van der Waals surface area contributed by atoms with E-state index in [2.05, 4.69) is 0 Å². The van der Waals surface area contributed by atoms with Gasteiger partial charge in [-0.05, 0) is 29.3 Å². The Morgan fingerprint density at radius 2 is 1.65 bits per heavy atom. The molecule has 0 fully saturated rings. The Bertz CT molecular complexity index is 870. The van der Waals surface area contributed by atoms with Crippen LogP contribution < -0.4 is 9.47 Å². The van der Waals surface area contributed by atoms with Gasteiger partial charge in [-0.2, -0.15) is 0 Å². The molecule has 4 nitrogen and oxygen atoms in total. The number of hydrogen-bond acceptors (Lipinski definition) is 4. The van der Waals surface area contributed by atoms with Crippen molar-refractivity contribution < 1.29 is 19.4 Å². The van der Waals surface area contributed by atoms with Gasteiger partial charge >= 0.3 is 0 Å². The molecule has 0 aliphatic rings. The van der Waals surface area contributed by atoms with Crippen LogP contribution in [0.3, 0.4) is 0 Å². The molecule has 3 aromatic rings. The number of carbonyl (C=O) groups is 1. The molecule has 1 N–H and O–H groups in total. The fourth-order valence-electron chi connectivity index (χ4n) is 2.72. The van der Waals surface area contributed by atoms with Crippen molar-refractivity contribution in [2.45, 2.75) is 6.61 Å². The normalized spacial score (nSPS) is 10.4. The summed E-state index contributed by atoms with van der Waals surface area (Å²) in [5.74, 6) is 0.854. The fourth-order valence-corrected chi connectivity index (χ4v) is 2.72. The van der Waals surface area contributed by atoms with E-state index >= 15 is 0 Å². The predicted octanol–water partition coefficient (Wildman–Crippen LogP) is 4.12. The maximum absolute atomic E-state index is 12.2. The van der Waals surface area contributed by atoms with Crippen LogP contribution in [0.25, 0.3) is 11.1 Å². The Labute approximate surface area is 152 Å². The van der Waals surface area contributed by atoms with Gasteiger partial charge in [0, 0.05) is 5.56 Å². The number of rotatable bonds is 7. The summed E-state index contributed by atoms with van der Waals surface area (Å²) in [7, 11) is 1.62. The number of para-hydroxylation sites is 1. The second kappa shape index (κ2) is 8.32. The summed E-state index contributed by atoms with van der Waals surface area (Å²) in [4.78, 5) is 12.2. The third-order valence-electron chi connectivity index (χ3n) is 4.09. The van der Waals surface area contributed by atoms with Gasteiger partial charge in [-0.25, -0.2) is 0 Å². The lowest BCUT2D eigenvalue weighted by molar-refractivity contribution is 0.0899. The Balaban J connectivity index is 2.00. The Morgan fingerprint density at radius 1 is 0.923 bits per heavy atom. The maximum Gasteiger partial charge on any atom is 0.191 e. The molecule has 0 saturated heterocycles. The zero-order valence-corrected chi connectivity index (χ0v) is 14.5. The molecule has 132 valence electrons. The topological polar surface area (TPSA) is 55.8 Å². The van der Waals surface area contributed by atoms with E-state index < -0.39 is 6.61 Å². The maximum atomic E-state index is 12.2. The molecular formula is C22H20O4. The van der Waals surface area contributed by atoms with Crippen molar-refractivity contribution in [3.05, 3.63) is 83.9 Å². The van der Waals surface area contributed by atoms with Gasteiger partial charge in [0.2, 0.25) is 0 Å². The SMILES string of the molecule is COc1ccc(-c2cccc(C(=O)CO)c2OCc2ccccc2)cc1. The molecule has 0 saturated carbocycles. The molecule has 0 radical (unpaired) electrons. The number of benzene rings is 3. The van der Waals surface area contributed by atoms with Crippen molar-refractivity contribution in [1.82, 2.24) is 0 Å². The van der Waals surface area contributed by atoms with Gasteiger partial charge in [0.25, 0.3) is 0 Å². The van der Waals surface area contributed by atoms with Crippen LogP contribution in [0, 0.1) is 0 Å². The molecule has 0 heterocycles. The van der Waals surface area contributed by atoms with E-state index in [-0.39, 0.29) is 5.78 Å². The highest BCUT2D eigenvalue weighted by molar-refractivity contribution is 6.01. The number of carbonyl (C=O) groups excluding carboxylic acids is 1. The average molecular weight is 348 g/mol. The monoisotopic (exact) mass is 348 g/mol. The molecular weight excluding hydrogens is 328 g/mol. The van der Waals surface area contributed by atoms with Gasteiger partial charge in [-0.1, -0.05) is 54.6 Å². The van der Waals surface area contributed by atoms with Crippen LogP contribution in [-0.2, 0) is 6.61 Å². The van der Waals surface area contributed by atoms with E-state index in [1.165, 1.54) is 0 Å². The van der Waals surface area contributed by atoms with E-state index in [0.29, 0.717) is 17.9 Å². The minimum Gasteiger partial charge on any atom is -0.497 e. The number of ether oxygens (including phenoxy) is 2. The van der Waals surface area contributed by atoms with Crippen molar-refractivity contribution in [2.24, 2.45) is 0 Å². The Kier molecular flexibility index (Phi) is 5.66. The number of ketones is 1. The van der Waals surface area contributed by atoms with Crippen LogP contribution in [0.4, 0.5) is 0 Å². The number of methoxy groups -OCH3 is 1. The van der Waals surface area contributed by atoms with E-state index in [0.717, 1.165) is 22.4 Å². The first-order chi connectivity index (χ1) is 12.7. The fraction of sp³-hybridized carbons (Fsp3) is 0.136. The van der Waals surface area contributed by atoms with Crippen molar-refractivity contribution in [3.8, 4) is 22.6 Å². The third kappa shape index (κ3) is 3.92. The molecule has 4 heteroatoms. The first-order valence-corrected chi connectivity index (χ1v) is 8.31. The van der Waals surface area contributed by atoms with Gasteiger partial charge in [0.05, 0.1) is 12.7 Å². The second-order valence-electron chi connectivity index (χ2n) is 5.77. The summed E-state index contributed by atoms with van der Waals surface area (Å²) >= 11 is 0. The van der Waals surface area contributed by atoms with E-state index in [4.69, 9.17) is 9.47 Å². The summed E-state index contributed by atoms with van der Waals surface area (Å²) in [6, 6.07) is 22.6. The summed E-state index contributed by atoms with van der Waals surface area (Å²) in [6.07, 6.45) is 0. The number of aliphatic hydroxyl groups excluding tert-OH is 1. The minimum atomic E-state index is -0.562. The van der Waals surface area contributed by atoms with Crippen LogP contribution in [0.15, 0.2) is 72.8 Å². The number of Topliss-reactive ketones (excluding diaryl/α,β-unsaturated/α-hetero) is 1. The van der Waals surface area contributed by atoms with Crippen LogP contribution in [0.1, 0.15) is 15.9 Å². The van der Waals surface area contributed by atoms with Crippen LogP contribution >= 0.6 is 0 Å². The first kappa shape index (κ1) is 17.7. The molecule has 0 atom stereocenters. The predicted molar refractivity (Wildman–Crippen MR) is 101 cm³/mol. The lowest BCUT2D eigenvalue weighted by Crippen LogP contribution is -2.09. The Morgan fingerprint density at radius 3 is 2.31 bits per heavy atom. The lowest BCUT2D eigenvalue weighted by Gasteiger charge is -2.16. The zero-order chi connectivity index (χ0) is 18.4. The quantitative estimate of drug-likeness (QED) is 0.653. The molecule has 0 bridgehead atoms. The van der Waals surface area contributed by atoms with Crippen LogP contribution in [0.5, 0.6) is 11.5 Å². The molecule has 0 amide bonds. The highest BCUT2D eigenvalue weighted by Crippen LogP contribution is 2.35. The van der Waals surface area contributed by atoms with Gasteiger partial charge < -0.3 is 14.6 Å². The zero-order valence-electron chi connectivity index (χ0n) is 14.5. The molecule has 26 heavy (non-hydrogen) atoms. The number of hydrogen-bond donors (Lipinski definition) is 1. The van der Waals surface area contributed by atoms with E-state index in [1.54, 1.807) is 19.2 Å². The van der Waals surface area contributed by atoms with Gasteiger partial charge in [-0.3, -0.25) is 4.79 Å². The summed E-state index contributed by atoms with van der Waals surface area (Å²) < 4.78 is 11.2. The van der Waals surface area contributed by atoms with Crippen molar-refractivity contribution in [3.63, 3.8) is 0 Å². The smallest absolute Gasteiger partial charge is 0.191 e. The molecule has 0 spiro atoms. The highest BCUT2D eigenvalue weighted by atomic mass is 16.5. The molecule has 0 aliphatic carbocycles. The molecule has 0 unspecified atom stereocenters. The molecule has 3 aromatic carbocycles. The molecule has 3 rings (SSSR count). The van der Waals surface area contributed by atoms with Crippen LogP contribution in [-0.4, -0.2) is 24.6 Å². The number of aliphatic hydroxyl groups is 1. The van der Waals surface area contributed by atoms with Crippen molar-refractivity contribution in [1.29, 1.82) is 0 Å². The lowest BCUT2D eigenvalue weighted by atomic mass is 9.99. The summed E-state index contributed by atoms with van der Waals surface area (Å²) in [5, 5.41) is 9.31. The van der Waals surface area contributed by atoms with Crippen molar-refractivity contribution in [2.75, 3.05) is 13.7 Å². The standard InChI is InChI=1S/C22H20O4/c1-25-18-12-10-17(11-13-18)19-8-5-9-20(21(24)14-23)22(19)26-15-16-6-3-2-4-7-16/h2-13,23H,14-15H2,1H3. The van der Waals surface area contributed by atoms with E-state index in [9.17, 15) is 9.90 Å². The summed E-state index contributed by atoms with van der Waals surface area (Å²) in [6.45, 7) is -0.229. The average Bonchev–Trinajstić information content (AvgIpc) is 2.72. The van der Waals surface area contributed by atoms with Crippen LogP contribution in [0.2, 0.25) is 0 Å². The molecule has 0 aromatic heterocycles. The largest absolute Gasteiger partial charge is 0.497 e. The second-order valence-corrected chi connectivity index (χ2v) is 5.77. The third-order valence-corrected chi connectivity index (χ3v) is 4.09. The first-order valence-electron chi connectivity index (χ1n) is 8.31. The van der Waals surface area contributed by atoms with Crippen molar-refractivity contribution >= 4 is 5.78 Å². The molecule has 0 aliphatic heterocycles. The Hall–Kier alpha value is -3.11. The van der Waals surface area contributed by atoms with Gasteiger partial charge in [0.1, 0.15) is 24.7 Å². The van der Waals surface area contributed by atoms with E-state index in [1.807, 2.05) is 60.7 Å².